The molecule has 0 unspecified atom stereocenters. The lowest BCUT2D eigenvalue weighted by atomic mass is 10.4. The predicted octanol–water partition coefficient (Wildman–Crippen LogP) is 1.02. The summed E-state index contributed by atoms with van der Waals surface area (Å²) in [5.74, 6) is 0.131. The van der Waals surface area contributed by atoms with Gasteiger partial charge < -0.3 is 4.90 Å². The monoisotopic (exact) mass is 163 g/mol. The smallest absolute Gasteiger partial charge is 0.224 e. The second kappa shape index (κ2) is 4.22. The zero-order valence-electron chi connectivity index (χ0n) is 5.54. The molecule has 1 rings (SSSR count). The van der Waals surface area contributed by atoms with Crippen LogP contribution in [0.3, 0.4) is 0 Å². The Balaban J connectivity index is 0.000000810. The highest BCUT2D eigenvalue weighted by molar-refractivity contribution is 5.85. The zero-order valence-corrected chi connectivity index (χ0v) is 6.36. The molecule has 0 aromatic rings. The van der Waals surface area contributed by atoms with Gasteiger partial charge in [0.05, 0.1) is 0 Å². The first kappa shape index (κ1) is 9.36. The second-order valence-corrected chi connectivity index (χ2v) is 2.06. The van der Waals surface area contributed by atoms with Crippen molar-refractivity contribution in [2.75, 3.05) is 13.2 Å². The molecule has 4 nitrogen and oxygen atoms in total. The zero-order chi connectivity index (χ0) is 6.69. The van der Waals surface area contributed by atoms with Crippen LogP contribution in [0.15, 0.2) is 5.11 Å². The van der Waals surface area contributed by atoms with Crippen LogP contribution in [0.1, 0.15) is 12.8 Å². The van der Waals surface area contributed by atoms with Gasteiger partial charge in [-0.2, -0.15) is 5.11 Å². The van der Waals surface area contributed by atoms with Gasteiger partial charge in [-0.25, -0.2) is 5.53 Å². The minimum Gasteiger partial charge on any atom is -0.321 e. The van der Waals surface area contributed by atoms with Gasteiger partial charge >= 0.3 is 0 Å². The maximum atomic E-state index is 10.7. The van der Waals surface area contributed by atoms with E-state index in [0.29, 0.717) is 6.42 Å². The number of halogens is 1. The maximum Gasteiger partial charge on any atom is 0.224 e. The lowest BCUT2D eigenvalue weighted by molar-refractivity contribution is -0.127. The van der Waals surface area contributed by atoms with Crippen molar-refractivity contribution in [3.05, 3.63) is 0 Å². The number of rotatable bonds is 2. The molecule has 0 spiro atoms. The van der Waals surface area contributed by atoms with Crippen molar-refractivity contribution < 1.29 is 4.79 Å². The van der Waals surface area contributed by atoms with Crippen molar-refractivity contribution in [1.82, 2.24) is 4.90 Å². The molecular weight excluding hydrogens is 154 g/mol. The summed E-state index contributed by atoms with van der Waals surface area (Å²) in [7, 11) is 0. The van der Waals surface area contributed by atoms with E-state index in [0.717, 1.165) is 13.0 Å². The lowest BCUT2D eigenvalue weighted by Gasteiger charge is -2.09. The lowest BCUT2D eigenvalue weighted by Crippen LogP contribution is -2.23. The first-order valence-electron chi connectivity index (χ1n) is 2.95. The number of hydrogen-bond donors (Lipinski definition) is 1. The molecule has 0 aliphatic carbocycles. The van der Waals surface area contributed by atoms with E-state index in [9.17, 15) is 4.79 Å². The molecule has 1 saturated heterocycles. The Morgan fingerprint density at radius 1 is 1.70 bits per heavy atom. The van der Waals surface area contributed by atoms with E-state index in [1.54, 1.807) is 4.90 Å². The van der Waals surface area contributed by atoms with Crippen LogP contribution < -0.4 is 0 Å². The number of nitrogens with one attached hydrogen (secondary N) is 1. The number of carbonyl (C=O) groups excluding carboxylic acids is 1. The molecule has 0 aromatic carbocycles. The summed E-state index contributed by atoms with van der Waals surface area (Å²) in [5.41, 5.74) is 6.49. The number of nitrogens with zero attached hydrogens (tertiary/aromatic N) is 2. The Kier molecular flexibility index (Phi) is 3.95. The van der Waals surface area contributed by atoms with Crippen LogP contribution >= 0.6 is 12.4 Å². The molecule has 1 aliphatic heterocycles. The van der Waals surface area contributed by atoms with Crippen molar-refractivity contribution in [3.8, 4) is 0 Å². The van der Waals surface area contributed by atoms with Gasteiger partial charge in [-0.1, -0.05) is 0 Å². The molecule has 1 amide bonds. The van der Waals surface area contributed by atoms with Crippen LogP contribution in [0.4, 0.5) is 0 Å². The SMILES string of the molecule is Cl.N=NCN1CCCC1=O. The minimum atomic E-state index is 0. The first-order chi connectivity index (χ1) is 4.34. The molecule has 5 heteroatoms. The van der Waals surface area contributed by atoms with Gasteiger partial charge in [0.1, 0.15) is 6.67 Å². The van der Waals surface area contributed by atoms with Crippen LogP contribution in [0.2, 0.25) is 0 Å². The largest absolute Gasteiger partial charge is 0.321 e. The van der Waals surface area contributed by atoms with Crippen molar-refractivity contribution in [2.45, 2.75) is 12.8 Å². The van der Waals surface area contributed by atoms with Gasteiger partial charge in [0.2, 0.25) is 5.91 Å². The molecule has 0 atom stereocenters. The Bertz CT molecular complexity index is 139. The highest BCUT2D eigenvalue weighted by atomic mass is 35.5. The highest BCUT2D eigenvalue weighted by Gasteiger charge is 2.18. The molecule has 1 N–H and O–H groups in total. The molecule has 0 radical (unpaired) electrons. The van der Waals surface area contributed by atoms with Crippen molar-refractivity contribution >= 4 is 18.3 Å². The molecule has 1 heterocycles. The van der Waals surface area contributed by atoms with Gasteiger partial charge in [-0.05, 0) is 6.42 Å². The molecule has 1 aliphatic rings. The third-order valence-corrected chi connectivity index (χ3v) is 1.41. The quantitative estimate of drug-likeness (QED) is 0.608. The first-order valence-corrected chi connectivity index (χ1v) is 2.95. The van der Waals surface area contributed by atoms with E-state index in [2.05, 4.69) is 5.11 Å². The Hall–Kier alpha value is -0.640. The third kappa shape index (κ3) is 1.95. The fourth-order valence-electron chi connectivity index (χ4n) is 0.939. The van der Waals surface area contributed by atoms with E-state index in [1.807, 2.05) is 0 Å². The topological polar surface area (TPSA) is 56.5 Å². The standard InChI is InChI=1S/C5H9N3O.ClH/c6-7-4-8-3-1-2-5(8)9;/h6H,1-4H2;1H. The molecule has 1 fully saturated rings. The molecular formula is C5H10ClN3O. The summed E-state index contributed by atoms with van der Waals surface area (Å²) >= 11 is 0. The fraction of sp³-hybridized carbons (Fsp3) is 0.800. The predicted molar refractivity (Wildman–Crippen MR) is 38.2 cm³/mol. The van der Waals surface area contributed by atoms with Gasteiger partial charge in [-0.3, -0.25) is 4.79 Å². The summed E-state index contributed by atoms with van der Waals surface area (Å²) in [6.45, 7) is 1.03. The van der Waals surface area contributed by atoms with E-state index in [1.165, 1.54) is 0 Å². The molecule has 0 saturated carbocycles. The van der Waals surface area contributed by atoms with Gasteiger partial charge in [0.15, 0.2) is 0 Å². The molecule has 58 valence electrons. The van der Waals surface area contributed by atoms with Crippen molar-refractivity contribution in [1.29, 1.82) is 5.53 Å². The summed E-state index contributed by atoms with van der Waals surface area (Å²) < 4.78 is 0. The molecule has 10 heavy (non-hydrogen) atoms. The highest BCUT2D eigenvalue weighted by Crippen LogP contribution is 2.08. The second-order valence-electron chi connectivity index (χ2n) is 2.06. The average molecular weight is 164 g/mol. The van der Waals surface area contributed by atoms with Crippen LogP contribution in [0.25, 0.3) is 0 Å². The normalized spacial score (nSPS) is 16.8. The van der Waals surface area contributed by atoms with Crippen molar-refractivity contribution in [3.63, 3.8) is 0 Å². The average Bonchev–Trinajstić information content (AvgIpc) is 2.18. The number of hydrogen-bond acceptors (Lipinski definition) is 3. The van der Waals surface area contributed by atoms with Crippen LogP contribution in [0.5, 0.6) is 0 Å². The van der Waals surface area contributed by atoms with Gasteiger partial charge in [0.25, 0.3) is 0 Å². The summed E-state index contributed by atoms with van der Waals surface area (Å²) in [6, 6.07) is 0. The van der Waals surface area contributed by atoms with Crippen LogP contribution in [-0.4, -0.2) is 24.0 Å². The summed E-state index contributed by atoms with van der Waals surface area (Å²) in [6.07, 6.45) is 1.56. The van der Waals surface area contributed by atoms with E-state index < -0.39 is 0 Å². The summed E-state index contributed by atoms with van der Waals surface area (Å²) in [5, 5.41) is 3.12. The fourth-order valence-corrected chi connectivity index (χ4v) is 0.939. The van der Waals surface area contributed by atoms with E-state index in [4.69, 9.17) is 5.53 Å². The number of carbonyl (C=O) groups is 1. The Morgan fingerprint density at radius 2 is 2.40 bits per heavy atom. The van der Waals surface area contributed by atoms with Crippen molar-refractivity contribution in [2.24, 2.45) is 5.11 Å². The van der Waals surface area contributed by atoms with Gasteiger partial charge in [-0.15, -0.1) is 12.4 Å². The molecule has 0 bridgehead atoms. The van der Waals surface area contributed by atoms with Crippen LogP contribution in [-0.2, 0) is 4.79 Å². The Labute approximate surface area is 65.5 Å². The maximum absolute atomic E-state index is 10.7. The third-order valence-electron chi connectivity index (χ3n) is 1.41. The van der Waals surface area contributed by atoms with E-state index >= 15 is 0 Å². The molecule has 0 aromatic heterocycles. The Morgan fingerprint density at radius 3 is 2.80 bits per heavy atom. The number of amides is 1. The summed E-state index contributed by atoms with van der Waals surface area (Å²) in [4.78, 5) is 12.3. The van der Waals surface area contributed by atoms with Crippen LogP contribution in [0, 0.1) is 5.53 Å². The van der Waals surface area contributed by atoms with Gasteiger partial charge in [0, 0.05) is 13.0 Å². The number of likely N-dealkylation sites (tertiary alicyclic amines) is 1. The minimum absolute atomic E-state index is 0. The van der Waals surface area contributed by atoms with E-state index in [-0.39, 0.29) is 25.0 Å².